The van der Waals surface area contributed by atoms with E-state index >= 15 is 0 Å². The minimum absolute atomic E-state index is 0.0374. The van der Waals surface area contributed by atoms with Crippen molar-refractivity contribution in [2.75, 3.05) is 18.0 Å². The van der Waals surface area contributed by atoms with Crippen LogP contribution in [0.3, 0.4) is 0 Å². The summed E-state index contributed by atoms with van der Waals surface area (Å²) in [6.45, 7) is 2.52. The molecule has 0 radical (unpaired) electrons. The van der Waals surface area contributed by atoms with Crippen LogP contribution in [0.1, 0.15) is 30.6 Å². The maximum absolute atomic E-state index is 11.4. The van der Waals surface area contributed by atoms with Gasteiger partial charge in [0, 0.05) is 30.6 Å². The Balaban J connectivity index is 2.14. The van der Waals surface area contributed by atoms with Crippen molar-refractivity contribution in [1.82, 2.24) is 0 Å². The second-order valence-electron chi connectivity index (χ2n) is 4.57. The average molecular weight is 260 g/mol. The molecular weight excluding hydrogens is 244 g/mol. The van der Waals surface area contributed by atoms with Gasteiger partial charge in [-0.05, 0) is 35.6 Å². The lowest BCUT2D eigenvalue weighted by molar-refractivity contribution is -0.116. The molecule has 1 aromatic rings. The number of anilines is 1. The minimum atomic E-state index is -0.637. The van der Waals surface area contributed by atoms with E-state index in [0.29, 0.717) is 13.0 Å². The fourth-order valence-corrected chi connectivity index (χ4v) is 2.35. The largest absolute Gasteiger partial charge is 0.388 e. The van der Waals surface area contributed by atoms with Gasteiger partial charge in [-0.1, -0.05) is 17.2 Å². The van der Waals surface area contributed by atoms with E-state index in [1.807, 2.05) is 18.2 Å². The predicted octanol–water partition coefficient (Wildman–Crippen LogP) is 2.33. The first-order valence-electron chi connectivity index (χ1n) is 6.23. The molecule has 1 N–H and O–H groups in total. The number of azide groups is 1. The van der Waals surface area contributed by atoms with Crippen molar-refractivity contribution >= 4 is 11.6 Å². The van der Waals surface area contributed by atoms with E-state index in [-0.39, 0.29) is 12.5 Å². The van der Waals surface area contributed by atoms with E-state index < -0.39 is 6.10 Å². The smallest absolute Gasteiger partial charge is 0.223 e. The summed E-state index contributed by atoms with van der Waals surface area (Å²) in [5.41, 5.74) is 11.0. The molecule has 1 aliphatic heterocycles. The molecule has 1 amide bonds. The van der Waals surface area contributed by atoms with Gasteiger partial charge in [0.15, 0.2) is 0 Å². The van der Waals surface area contributed by atoms with Gasteiger partial charge in [0.05, 0.1) is 6.10 Å². The third-order valence-electron chi connectivity index (χ3n) is 3.33. The summed E-state index contributed by atoms with van der Waals surface area (Å²) in [6.07, 6.45) is 0.577. The highest BCUT2D eigenvalue weighted by atomic mass is 16.3. The van der Waals surface area contributed by atoms with Crippen LogP contribution in [0, 0.1) is 0 Å². The van der Waals surface area contributed by atoms with Crippen molar-refractivity contribution in [2.45, 2.75) is 25.9 Å². The molecule has 1 heterocycles. The van der Waals surface area contributed by atoms with E-state index in [9.17, 15) is 9.90 Å². The van der Waals surface area contributed by atoms with Crippen LogP contribution in [-0.4, -0.2) is 24.1 Å². The molecule has 1 atom stereocenters. The second kappa shape index (κ2) is 5.73. The zero-order valence-corrected chi connectivity index (χ0v) is 10.8. The standard InChI is InChI=1S/C13H16N4O2/c1-9(18)17-7-5-10-8-11(2-3-12(10)17)13(19)4-6-15-16-14/h2-3,8,13,19H,4-7H2,1H3. The maximum atomic E-state index is 11.4. The van der Waals surface area contributed by atoms with Crippen molar-refractivity contribution in [1.29, 1.82) is 0 Å². The predicted molar refractivity (Wildman–Crippen MR) is 71.8 cm³/mol. The number of benzene rings is 1. The molecule has 6 nitrogen and oxygen atoms in total. The first-order valence-corrected chi connectivity index (χ1v) is 6.23. The number of aliphatic hydroxyl groups excluding tert-OH is 1. The molecule has 1 aromatic carbocycles. The molecule has 1 unspecified atom stereocenters. The number of fused-ring (bicyclic) bond motifs is 1. The molecule has 1 aliphatic rings. The number of aliphatic hydroxyl groups is 1. The number of hydrogen-bond acceptors (Lipinski definition) is 3. The lowest BCUT2D eigenvalue weighted by Gasteiger charge is -2.16. The molecule has 6 heteroatoms. The average Bonchev–Trinajstić information content (AvgIpc) is 2.81. The van der Waals surface area contributed by atoms with Crippen LogP contribution in [-0.2, 0) is 11.2 Å². The molecule has 2 rings (SSSR count). The Morgan fingerprint density at radius 1 is 1.63 bits per heavy atom. The summed E-state index contributed by atoms with van der Waals surface area (Å²) >= 11 is 0. The van der Waals surface area contributed by atoms with Crippen LogP contribution in [0.15, 0.2) is 23.3 Å². The summed E-state index contributed by atoms with van der Waals surface area (Å²) in [4.78, 5) is 15.8. The van der Waals surface area contributed by atoms with Gasteiger partial charge in [0.25, 0.3) is 0 Å². The molecular formula is C13H16N4O2. The highest BCUT2D eigenvalue weighted by Gasteiger charge is 2.22. The number of carbonyl (C=O) groups excluding carboxylic acids is 1. The van der Waals surface area contributed by atoms with Crippen LogP contribution < -0.4 is 4.90 Å². The Morgan fingerprint density at radius 2 is 2.42 bits per heavy atom. The molecule has 0 aromatic heterocycles. The fourth-order valence-electron chi connectivity index (χ4n) is 2.35. The Bertz CT molecular complexity index is 537. The summed E-state index contributed by atoms with van der Waals surface area (Å²) in [6, 6.07) is 5.62. The Labute approximate surface area is 111 Å². The van der Waals surface area contributed by atoms with Gasteiger partial charge in [-0.25, -0.2) is 0 Å². The summed E-state index contributed by atoms with van der Waals surface area (Å²) < 4.78 is 0. The number of rotatable bonds is 4. The summed E-state index contributed by atoms with van der Waals surface area (Å²) in [5.74, 6) is 0.0374. The Morgan fingerprint density at radius 3 is 3.11 bits per heavy atom. The lowest BCUT2D eigenvalue weighted by Crippen LogP contribution is -2.25. The maximum Gasteiger partial charge on any atom is 0.223 e. The van der Waals surface area contributed by atoms with Crippen molar-refractivity contribution < 1.29 is 9.90 Å². The van der Waals surface area contributed by atoms with Gasteiger partial charge in [-0.15, -0.1) is 0 Å². The molecule has 0 saturated carbocycles. The first kappa shape index (κ1) is 13.4. The SMILES string of the molecule is CC(=O)N1CCc2cc(C(O)CCN=[N+]=[N-])ccc21. The van der Waals surface area contributed by atoms with E-state index in [0.717, 1.165) is 23.2 Å². The van der Waals surface area contributed by atoms with E-state index in [2.05, 4.69) is 10.0 Å². The van der Waals surface area contributed by atoms with E-state index in [1.54, 1.807) is 11.8 Å². The zero-order valence-electron chi connectivity index (χ0n) is 10.8. The van der Waals surface area contributed by atoms with Crippen LogP contribution in [0.5, 0.6) is 0 Å². The van der Waals surface area contributed by atoms with Gasteiger partial charge in [-0.3, -0.25) is 4.79 Å². The molecule has 0 fully saturated rings. The van der Waals surface area contributed by atoms with Gasteiger partial charge < -0.3 is 10.0 Å². The zero-order chi connectivity index (χ0) is 13.8. The third kappa shape index (κ3) is 2.86. The Hall–Kier alpha value is -2.04. The highest BCUT2D eigenvalue weighted by Crippen LogP contribution is 2.31. The van der Waals surface area contributed by atoms with Crippen LogP contribution >= 0.6 is 0 Å². The summed E-state index contributed by atoms with van der Waals surface area (Å²) in [7, 11) is 0. The minimum Gasteiger partial charge on any atom is -0.388 e. The van der Waals surface area contributed by atoms with Gasteiger partial charge >= 0.3 is 0 Å². The van der Waals surface area contributed by atoms with Crippen molar-refractivity contribution in [3.05, 3.63) is 39.8 Å². The van der Waals surface area contributed by atoms with Gasteiger partial charge in [0.2, 0.25) is 5.91 Å². The van der Waals surface area contributed by atoms with Crippen molar-refractivity contribution in [3.8, 4) is 0 Å². The molecule has 0 bridgehead atoms. The highest BCUT2D eigenvalue weighted by molar-refractivity contribution is 5.93. The second-order valence-corrected chi connectivity index (χ2v) is 4.57. The molecule has 19 heavy (non-hydrogen) atoms. The fraction of sp³-hybridized carbons (Fsp3) is 0.462. The van der Waals surface area contributed by atoms with E-state index in [4.69, 9.17) is 5.53 Å². The van der Waals surface area contributed by atoms with Gasteiger partial charge in [-0.2, -0.15) is 0 Å². The van der Waals surface area contributed by atoms with Crippen molar-refractivity contribution in [2.24, 2.45) is 5.11 Å². The van der Waals surface area contributed by atoms with Crippen molar-refractivity contribution in [3.63, 3.8) is 0 Å². The molecule has 0 spiro atoms. The number of hydrogen-bond donors (Lipinski definition) is 1. The number of carbonyl (C=O) groups is 1. The lowest BCUT2D eigenvalue weighted by atomic mass is 10.0. The Kier molecular flexibility index (Phi) is 4.04. The normalized spacial score (nSPS) is 14.7. The first-order chi connectivity index (χ1) is 9.13. The van der Waals surface area contributed by atoms with Crippen LogP contribution in [0.2, 0.25) is 0 Å². The monoisotopic (exact) mass is 260 g/mol. The van der Waals surface area contributed by atoms with Crippen LogP contribution in [0.4, 0.5) is 5.69 Å². The van der Waals surface area contributed by atoms with Crippen LogP contribution in [0.25, 0.3) is 10.4 Å². The summed E-state index contributed by atoms with van der Waals surface area (Å²) in [5, 5.41) is 13.4. The molecule has 100 valence electrons. The number of nitrogens with zero attached hydrogens (tertiary/aromatic N) is 4. The quantitative estimate of drug-likeness (QED) is 0.511. The molecule has 0 aliphatic carbocycles. The third-order valence-corrected chi connectivity index (χ3v) is 3.33. The molecule has 0 saturated heterocycles. The number of amides is 1. The topological polar surface area (TPSA) is 89.3 Å². The van der Waals surface area contributed by atoms with Gasteiger partial charge in [0.1, 0.15) is 0 Å². The van der Waals surface area contributed by atoms with E-state index in [1.165, 1.54) is 0 Å².